The van der Waals surface area contributed by atoms with Gasteiger partial charge in [-0.1, -0.05) is 20.8 Å². The summed E-state index contributed by atoms with van der Waals surface area (Å²) in [6.07, 6.45) is 3.15. The van der Waals surface area contributed by atoms with Crippen molar-refractivity contribution in [2.75, 3.05) is 13.1 Å². The lowest BCUT2D eigenvalue weighted by Crippen LogP contribution is -2.29. The van der Waals surface area contributed by atoms with E-state index < -0.39 is 0 Å². The Morgan fingerprint density at radius 3 is 2.73 bits per heavy atom. The first kappa shape index (κ1) is 15.5. The summed E-state index contributed by atoms with van der Waals surface area (Å²) in [5.74, 6) is 1.85. The van der Waals surface area contributed by atoms with Crippen LogP contribution in [0, 0.1) is 5.92 Å². The topological polar surface area (TPSA) is 34.0 Å². The number of likely N-dealkylation sites (tertiary alicyclic amines) is 1. The van der Waals surface area contributed by atoms with Crippen molar-refractivity contribution in [2.45, 2.75) is 59.0 Å². The Kier molecular flexibility index (Phi) is 3.98. The van der Waals surface area contributed by atoms with Gasteiger partial charge in [-0.3, -0.25) is 0 Å². The molecule has 1 atom stereocenters. The fourth-order valence-corrected chi connectivity index (χ4v) is 3.44. The van der Waals surface area contributed by atoms with E-state index in [1.807, 2.05) is 12.3 Å². The molecule has 3 heterocycles. The van der Waals surface area contributed by atoms with Crippen LogP contribution in [0.25, 0.3) is 11.2 Å². The van der Waals surface area contributed by atoms with Crippen LogP contribution in [0.1, 0.15) is 46.9 Å². The second-order valence-electron chi connectivity index (χ2n) is 7.89. The maximum absolute atomic E-state index is 4.87. The molecule has 3 rings (SSSR count). The lowest BCUT2D eigenvalue weighted by Gasteiger charge is -2.23. The molecule has 1 aliphatic rings. The van der Waals surface area contributed by atoms with Crippen molar-refractivity contribution in [3.8, 4) is 0 Å². The normalized spacial score (nSPS) is 20.4. The first-order valence-corrected chi connectivity index (χ1v) is 8.42. The minimum absolute atomic E-state index is 0.0387. The molecule has 0 bridgehead atoms. The van der Waals surface area contributed by atoms with E-state index in [9.17, 15) is 0 Å². The second kappa shape index (κ2) is 5.65. The molecule has 120 valence electrons. The zero-order chi connectivity index (χ0) is 15.9. The molecule has 0 aromatic carbocycles. The predicted octanol–water partition coefficient (Wildman–Crippen LogP) is 3.46. The zero-order valence-corrected chi connectivity index (χ0v) is 14.5. The van der Waals surface area contributed by atoms with E-state index in [4.69, 9.17) is 4.98 Å². The van der Waals surface area contributed by atoms with Gasteiger partial charge < -0.3 is 9.47 Å². The molecule has 1 saturated heterocycles. The van der Waals surface area contributed by atoms with Gasteiger partial charge in [-0.05, 0) is 44.9 Å². The maximum atomic E-state index is 4.87. The lowest BCUT2D eigenvalue weighted by atomic mass is 9.95. The number of hydrogen-bond donors (Lipinski definition) is 0. The van der Waals surface area contributed by atoms with Gasteiger partial charge in [0.25, 0.3) is 0 Å². The van der Waals surface area contributed by atoms with Crippen LogP contribution in [-0.4, -0.2) is 38.6 Å². The van der Waals surface area contributed by atoms with Crippen LogP contribution in [0.3, 0.4) is 0 Å². The molecule has 0 radical (unpaired) electrons. The van der Waals surface area contributed by atoms with Gasteiger partial charge >= 0.3 is 0 Å². The summed E-state index contributed by atoms with van der Waals surface area (Å²) in [6.45, 7) is 14.7. The monoisotopic (exact) mass is 300 g/mol. The molecule has 1 aliphatic heterocycles. The maximum Gasteiger partial charge on any atom is 0.160 e. The number of aromatic nitrogens is 3. The van der Waals surface area contributed by atoms with Gasteiger partial charge in [0.1, 0.15) is 11.3 Å². The van der Waals surface area contributed by atoms with Crippen LogP contribution in [0.5, 0.6) is 0 Å². The van der Waals surface area contributed by atoms with E-state index in [0.717, 1.165) is 23.5 Å². The number of hydrogen-bond acceptors (Lipinski definition) is 3. The highest BCUT2D eigenvalue weighted by atomic mass is 15.2. The highest BCUT2D eigenvalue weighted by Crippen LogP contribution is 2.28. The Balaban J connectivity index is 1.92. The summed E-state index contributed by atoms with van der Waals surface area (Å²) < 4.78 is 2.36. The average molecular weight is 300 g/mol. The van der Waals surface area contributed by atoms with Crippen molar-refractivity contribution in [1.82, 2.24) is 19.4 Å². The van der Waals surface area contributed by atoms with Crippen molar-refractivity contribution in [3.05, 3.63) is 24.2 Å². The van der Waals surface area contributed by atoms with Gasteiger partial charge in [-0.15, -0.1) is 0 Å². The summed E-state index contributed by atoms with van der Waals surface area (Å²) in [5, 5.41) is 0. The lowest BCUT2D eigenvalue weighted by molar-refractivity contribution is 0.260. The van der Waals surface area contributed by atoms with E-state index in [-0.39, 0.29) is 5.41 Å². The third-order valence-corrected chi connectivity index (χ3v) is 4.66. The highest BCUT2D eigenvalue weighted by Gasteiger charge is 2.28. The fraction of sp³-hybridized carbons (Fsp3) is 0.667. The molecule has 22 heavy (non-hydrogen) atoms. The molecule has 1 unspecified atom stereocenters. The second-order valence-corrected chi connectivity index (χ2v) is 7.89. The molecule has 2 aromatic heterocycles. The number of rotatable bonds is 3. The third kappa shape index (κ3) is 2.89. The molecule has 2 aromatic rings. The standard InChI is InChI=1S/C18H28N4/c1-13(2)21-10-8-14(11-21)12-22-16-15(7-6-9-19-16)20-17(22)18(3,4)5/h6-7,9,13-14H,8,10-12H2,1-5H3. The molecule has 0 aliphatic carbocycles. The number of fused-ring (bicyclic) bond motifs is 1. The van der Waals surface area contributed by atoms with Gasteiger partial charge in [-0.25, -0.2) is 9.97 Å². The largest absolute Gasteiger partial charge is 0.312 e. The summed E-state index contributed by atoms with van der Waals surface area (Å²) in [5.41, 5.74) is 2.10. The molecule has 4 heteroatoms. The van der Waals surface area contributed by atoms with Gasteiger partial charge in [-0.2, -0.15) is 0 Å². The summed E-state index contributed by atoms with van der Waals surface area (Å²) in [4.78, 5) is 12.0. The van der Waals surface area contributed by atoms with Crippen LogP contribution < -0.4 is 0 Å². The predicted molar refractivity (Wildman–Crippen MR) is 91.0 cm³/mol. The van der Waals surface area contributed by atoms with Gasteiger partial charge in [0.05, 0.1) is 0 Å². The highest BCUT2D eigenvalue weighted by molar-refractivity contribution is 5.71. The Morgan fingerprint density at radius 2 is 2.09 bits per heavy atom. The van der Waals surface area contributed by atoms with Gasteiger partial charge in [0, 0.05) is 30.7 Å². The number of nitrogens with zero attached hydrogens (tertiary/aromatic N) is 4. The summed E-state index contributed by atoms with van der Waals surface area (Å²) in [6, 6.07) is 4.69. The Hall–Kier alpha value is -1.42. The van der Waals surface area contributed by atoms with Crippen LogP contribution in [-0.2, 0) is 12.0 Å². The van der Waals surface area contributed by atoms with Crippen LogP contribution >= 0.6 is 0 Å². The smallest absolute Gasteiger partial charge is 0.160 e. The third-order valence-electron chi connectivity index (χ3n) is 4.66. The molecule has 0 N–H and O–H groups in total. The van der Waals surface area contributed by atoms with E-state index in [2.05, 4.69) is 55.1 Å². The van der Waals surface area contributed by atoms with Crippen molar-refractivity contribution < 1.29 is 0 Å². The zero-order valence-electron chi connectivity index (χ0n) is 14.5. The molecular weight excluding hydrogens is 272 g/mol. The molecular formula is C18H28N4. The average Bonchev–Trinajstić information content (AvgIpc) is 3.04. The van der Waals surface area contributed by atoms with E-state index in [1.165, 1.54) is 19.5 Å². The summed E-state index contributed by atoms with van der Waals surface area (Å²) >= 11 is 0. The van der Waals surface area contributed by atoms with E-state index in [1.54, 1.807) is 0 Å². The van der Waals surface area contributed by atoms with Crippen LogP contribution in [0.2, 0.25) is 0 Å². The Morgan fingerprint density at radius 1 is 1.32 bits per heavy atom. The first-order valence-electron chi connectivity index (χ1n) is 8.42. The van der Waals surface area contributed by atoms with Crippen molar-refractivity contribution in [3.63, 3.8) is 0 Å². The molecule has 1 fully saturated rings. The Bertz CT molecular complexity index is 651. The quantitative estimate of drug-likeness (QED) is 0.870. The van der Waals surface area contributed by atoms with Crippen molar-refractivity contribution in [1.29, 1.82) is 0 Å². The van der Waals surface area contributed by atoms with E-state index >= 15 is 0 Å². The molecule has 4 nitrogen and oxygen atoms in total. The molecule has 0 spiro atoms. The molecule has 0 saturated carbocycles. The first-order chi connectivity index (χ1) is 10.4. The van der Waals surface area contributed by atoms with Crippen molar-refractivity contribution in [2.24, 2.45) is 5.92 Å². The number of pyridine rings is 1. The van der Waals surface area contributed by atoms with Gasteiger partial charge in [0.2, 0.25) is 0 Å². The number of imidazole rings is 1. The van der Waals surface area contributed by atoms with Crippen LogP contribution in [0.15, 0.2) is 18.3 Å². The SMILES string of the molecule is CC(C)N1CCC(Cn2c(C(C)(C)C)nc3cccnc32)C1. The Labute approximate surface area is 133 Å². The van der Waals surface area contributed by atoms with Crippen molar-refractivity contribution >= 4 is 11.2 Å². The minimum Gasteiger partial charge on any atom is -0.312 e. The van der Waals surface area contributed by atoms with Crippen LogP contribution in [0.4, 0.5) is 0 Å². The summed E-state index contributed by atoms with van der Waals surface area (Å²) in [7, 11) is 0. The van der Waals surface area contributed by atoms with E-state index in [0.29, 0.717) is 12.0 Å². The fourth-order valence-electron chi connectivity index (χ4n) is 3.44. The van der Waals surface area contributed by atoms with Gasteiger partial charge in [0.15, 0.2) is 5.65 Å². The minimum atomic E-state index is 0.0387. The molecule has 0 amide bonds.